The van der Waals surface area contributed by atoms with Gasteiger partial charge in [0.25, 0.3) is 12.4 Å². The van der Waals surface area contributed by atoms with Crippen LogP contribution in [0.1, 0.15) is 144 Å². The third-order valence-electron chi connectivity index (χ3n) is 12.7. The molecule has 3 aliphatic rings. The highest BCUT2D eigenvalue weighted by molar-refractivity contribution is 6.09. The minimum Gasteiger partial charge on any atom is -0.465 e. The number of carbonyl (C=O) groups is 4. The van der Waals surface area contributed by atoms with Gasteiger partial charge >= 0.3 is 5.72 Å². The fourth-order valence-corrected chi connectivity index (χ4v) is 8.79. The number of Topliss-reactive ketones (excluding diaryl/α,β-unsaturated/α-hetero) is 2. The van der Waals surface area contributed by atoms with Gasteiger partial charge in [-0.15, -0.1) is 4.91 Å². The van der Waals surface area contributed by atoms with Gasteiger partial charge in [-0.05, 0) is 138 Å². The van der Waals surface area contributed by atoms with Crippen LogP contribution in [0.25, 0.3) is 0 Å². The number of nitroso groups, excluding NO2 is 1. The number of methoxy groups -OCH3 is 1. The number of rotatable bonds is 24. The van der Waals surface area contributed by atoms with Gasteiger partial charge < -0.3 is 30.0 Å². The van der Waals surface area contributed by atoms with Crippen LogP contribution in [-0.4, -0.2) is 90.3 Å². The monoisotopic (exact) mass is 826 g/mol. The molecule has 8 unspecified atom stereocenters. The number of aliphatic hydroxyl groups is 1. The van der Waals surface area contributed by atoms with E-state index in [-0.39, 0.29) is 48.6 Å². The molecule has 0 bridgehead atoms. The van der Waals surface area contributed by atoms with Gasteiger partial charge in [0.2, 0.25) is 5.78 Å². The minimum absolute atomic E-state index is 0.0278. The van der Waals surface area contributed by atoms with Gasteiger partial charge in [0, 0.05) is 51.4 Å². The number of piperidine rings is 1. The highest BCUT2D eigenvalue weighted by Gasteiger charge is 2.54. The minimum atomic E-state index is -2.34. The van der Waals surface area contributed by atoms with Crippen molar-refractivity contribution in [1.29, 1.82) is 0 Å². The molecule has 2 aliphatic heterocycles. The van der Waals surface area contributed by atoms with Gasteiger partial charge in [0.15, 0.2) is 0 Å². The summed E-state index contributed by atoms with van der Waals surface area (Å²) < 4.78 is 17.3. The van der Waals surface area contributed by atoms with E-state index in [9.17, 15) is 29.2 Å². The Morgan fingerprint density at radius 1 is 0.966 bits per heavy atom. The van der Waals surface area contributed by atoms with Gasteiger partial charge in [0.1, 0.15) is 11.9 Å². The first-order valence-corrected chi connectivity index (χ1v) is 22.4. The van der Waals surface area contributed by atoms with Crippen LogP contribution in [0.4, 0.5) is 0 Å². The summed E-state index contributed by atoms with van der Waals surface area (Å²) in [6, 6.07) is 0.323. The largest absolute Gasteiger partial charge is 0.465 e. The number of hydrogen-bond acceptors (Lipinski definition) is 11. The molecule has 59 heavy (non-hydrogen) atoms. The third kappa shape index (κ3) is 16.6. The van der Waals surface area contributed by atoms with Crippen LogP contribution in [0.2, 0.25) is 0 Å². The molecule has 8 atom stereocenters. The van der Waals surface area contributed by atoms with E-state index in [1.807, 2.05) is 51.2 Å². The zero-order valence-corrected chi connectivity index (χ0v) is 36.9. The number of amides is 1. The van der Waals surface area contributed by atoms with Crippen molar-refractivity contribution in [1.82, 2.24) is 4.90 Å². The molecule has 3 N–H and O–H groups in total. The number of allylic oxidation sites excluding steroid dienone is 6. The van der Waals surface area contributed by atoms with Crippen LogP contribution in [0.15, 0.2) is 52.8 Å². The summed E-state index contributed by atoms with van der Waals surface area (Å²) in [7, 11) is 1.60. The molecule has 3 fully saturated rings. The number of likely N-dealkylation sites (tertiary alicyclic amines) is 1. The Hall–Kier alpha value is -3.32. The van der Waals surface area contributed by atoms with E-state index in [2.05, 4.69) is 25.1 Å². The maximum Gasteiger partial charge on any atom is 0.338 e. The Balaban J connectivity index is 1.44. The molecule has 2 saturated heterocycles. The van der Waals surface area contributed by atoms with Crippen molar-refractivity contribution in [3.63, 3.8) is 0 Å². The molecule has 1 amide bonds. The van der Waals surface area contributed by atoms with E-state index in [1.54, 1.807) is 7.11 Å². The second-order valence-electron chi connectivity index (χ2n) is 17.8. The Kier molecular flexibility index (Phi) is 22.1. The SMILES string of the molecule is COC(CC1CCCC(=O)C(N=O)(C(=O)N2CCCCC2)O1)/C(C)=C/C=C/C=C/C(C)CC(C)C(=O)CC(O)/C(C)=C/C(C)CCC(CCC1CCC(N)CC1)OC=O. The maximum atomic E-state index is 13.4. The molecule has 0 aromatic heterocycles. The maximum absolute atomic E-state index is 13.4. The zero-order chi connectivity index (χ0) is 43.4. The molecular weight excluding hydrogens is 751 g/mol. The van der Waals surface area contributed by atoms with Crippen LogP contribution in [0.5, 0.6) is 0 Å². The Labute approximate surface area is 353 Å². The molecular formula is C47H75N3O9. The van der Waals surface area contributed by atoms with Crippen LogP contribution >= 0.6 is 0 Å². The predicted molar refractivity (Wildman–Crippen MR) is 231 cm³/mol. The molecule has 332 valence electrons. The molecule has 0 aromatic carbocycles. The third-order valence-corrected chi connectivity index (χ3v) is 12.7. The number of nitrogens with two attached hydrogens (primary N) is 1. The summed E-state index contributed by atoms with van der Waals surface area (Å²) in [5.74, 6) is -0.446. The molecule has 0 aromatic rings. The molecule has 2 heterocycles. The van der Waals surface area contributed by atoms with Crippen molar-refractivity contribution in [2.24, 2.45) is 34.6 Å². The molecule has 3 rings (SSSR count). The van der Waals surface area contributed by atoms with Gasteiger partial charge in [0.05, 0.1) is 18.3 Å². The lowest BCUT2D eigenvalue weighted by Gasteiger charge is -2.34. The van der Waals surface area contributed by atoms with E-state index in [4.69, 9.17) is 19.9 Å². The van der Waals surface area contributed by atoms with E-state index >= 15 is 0 Å². The van der Waals surface area contributed by atoms with Crippen molar-refractivity contribution in [2.75, 3.05) is 20.2 Å². The topological polar surface area (TPSA) is 175 Å². The van der Waals surface area contributed by atoms with E-state index < -0.39 is 29.6 Å². The summed E-state index contributed by atoms with van der Waals surface area (Å²) in [5.41, 5.74) is 5.41. The van der Waals surface area contributed by atoms with Crippen molar-refractivity contribution < 1.29 is 38.5 Å². The smallest absolute Gasteiger partial charge is 0.338 e. The van der Waals surface area contributed by atoms with E-state index in [0.717, 1.165) is 81.8 Å². The molecule has 1 aliphatic carbocycles. The van der Waals surface area contributed by atoms with Crippen LogP contribution in [-0.2, 0) is 33.4 Å². The second-order valence-corrected chi connectivity index (χ2v) is 17.8. The number of aliphatic hydroxyl groups excluding tert-OH is 1. The summed E-state index contributed by atoms with van der Waals surface area (Å²) in [5, 5.41) is 14.0. The normalized spacial score (nSPS) is 26.8. The summed E-state index contributed by atoms with van der Waals surface area (Å²) in [6.07, 6.45) is 22.6. The van der Waals surface area contributed by atoms with Gasteiger partial charge in [-0.3, -0.25) is 19.2 Å². The van der Waals surface area contributed by atoms with E-state index in [1.165, 1.54) is 4.90 Å². The first-order chi connectivity index (χ1) is 28.2. The highest BCUT2D eigenvalue weighted by atomic mass is 16.6. The molecule has 1 saturated carbocycles. The summed E-state index contributed by atoms with van der Waals surface area (Å²) in [4.78, 5) is 64.5. The fourth-order valence-electron chi connectivity index (χ4n) is 8.79. The van der Waals surface area contributed by atoms with Crippen LogP contribution in [0, 0.1) is 28.6 Å². The van der Waals surface area contributed by atoms with Gasteiger partial charge in [-0.1, -0.05) is 57.2 Å². The molecule has 0 radical (unpaired) electrons. The quantitative estimate of drug-likeness (QED) is 0.0317. The highest BCUT2D eigenvalue weighted by Crippen LogP contribution is 2.33. The van der Waals surface area contributed by atoms with E-state index in [0.29, 0.717) is 57.2 Å². The first-order valence-electron chi connectivity index (χ1n) is 22.4. The van der Waals surface area contributed by atoms with Gasteiger partial charge in [-0.25, -0.2) is 0 Å². The van der Waals surface area contributed by atoms with Crippen molar-refractivity contribution in [3.8, 4) is 0 Å². The molecule has 0 spiro atoms. The fraction of sp³-hybridized carbons (Fsp3) is 0.745. The van der Waals surface area contributed by atoms with Gasteiger partial charge in [-0.2, -0.15) is 0 Å². The van der Waals surface area contributed by atoms with Crippen molar-refractivity contribution >= 4 is 23.9 Å². The lowest BCUT2D eigenvalue weighted by atomic mass is 9.83. The molecule has 12 nitrogen and oxygen atoms in total. The second kappa shape index (κ2) is 26.1. The number of ketones is 2. The summed E-state index contributed by atoms with van der Waals surface area (Å²) >= 11 is 0. The number of carbonyl (C=O) groups excluding carboxylic acids is 4. The van der Waals surface area contributed by atoms with Crippen LogP contribution in [0.3, 0.4) is 0 Å². The average molecular weight is 826 g/mol. The van der Waals surface area contributed by atoms with Crippen molar-refractivity contribution in [2.45, 2.75) is 180 Å². The lowest BCUT2D eigenvalue weighted by molar-refractivity contribution is -0.174. The Morgan fingerprint density at radius 3 is 2.34 bits per heavy atom. The van der Waals surface area contributed by atoms with Crippen LogP contribution < -0.4 is 5.73 Å². The number of ether oxygens (including phenoxy) is 3. The summed E-state index contributed by atoms with van der Waals surface area (Å²) in [6.45, 7) is 11.4. The standard InChI is InChI=1S/C47H75N3O9/c1-33(28-36(4)42(52)31-43(53)37(5)29-34(2)18-24-40(58-32-51)25-21-38-19-22-39(48)23-20-38)14-9-7-10-15-35(3)44(57-6)30-41-16-13-17-45(54)47(49-56,59-41)46(55)50-26-11-8-12-27-50/h7,9-10,14-15,29,32-34,36,38-41,43-44,53H,8,11-13,16-28,30-31,48H2,1-6H3/b10-7+,14-9+,35-15+,37-29+. The lowest BCUT2D eigenvalue weighted by Crippen LogP contribution is -2.56. The Morgan fingerprint density at radius 2 is 1.68 bits per heavy atom. The average Bonchev–Trinajstić information content (AvgIpc) is 3.39. The van der Waals surface area contributed by atoms with Crippen molar-refractivity contribution in [3.05, 3.63) is 52.5 Å². The number of nitrogens with zero attached hydrogens (tertiary/aromatic N) is 2. The molecule has 12 heteroatoms. The Bertz CT molecular complexity index is 1460. The first kappa shape index (κ1) is 50.0. The number of hydrogen-bond donors (Lipinski definition) is 2. The zero-order valence-electron chi connectivity index (χ0n) is 36.9. The predicted octanol–water partition coefficient (Wildman–Crippen LogP) is 8.25.